The van der Waals surface area contributed by atoms with Crippen LogP contribution in [0, 0.1) is 0 Å². The third-order valence-electron chi connectivity index (χ3n) is 6.34. The zero-order valence-electron chi connectivity index (χ0n) is 19.1. The van der Waals surface area contributed by atoms with Crippen molar-refractivity contribution >= 4 is 23.2 Å². The molecule has 33 heavy (non-hydrogen) atoms. The SMILES string of the molecule is CC(=O)Nc1ccc(O)cc1OC[C@@](C)(O)CN1CCC2(CCc3cc(Cl)ccc3O2)CC1. The maximum absolute atomic E-state index is 11.4. The standard InChI is InChI=1S/C25H31ClN2O5/c1-17(29)27-21-5-4-20(30)14-23(21)32-16-24(2,31)15-28-11-9-25(10-12-28)8-7-18-13-19(26)3-6-22(18)33-25/h3-6,13-14,30-31H,7-12,15-16H2,1-2H3,(H,27,29)/t24-/m0/s1. The fraction of sp³-hybridized carbons (Fsp3) is 0.480. The summed E-state index contributed by atoms with van der Waals surface area (Å²) in [6, 6.07) is 10.3. The van der Waals surface area contributed by atoms with E-state index in [0.29, 0.717) is 18.0 Å². The minimum absolute atomic E-state index is 0.0231. The number of hydrogen-bond donors (Lipinski definition) is 3. The van der Waals surface area contributed by atoms with Crippen LogP contribution < -0.4 is 14.8 Å². The summed E-state index contributed by atoms with van der Waals surface area (Å²) in [7, 11) is 0. The number of β-amino-alcohol motifs (C(OH)–C–C–N with tert-alkyl or cyclic N) is 1. The van der Waals surface area contributed by atoms with Gasteiger partial charge in [0.25, 0.3) is 0 Å². The normalized spacial score (nSPS) is 19.3. The van der Waals surface area contributed by atoms with Crippen LogP contribution in [0.5, 0.6) is 17.2 Å². The summed E-state index contributed by atoms with van der Waals surface area (Å²) < 4.78 is 12.2. The summed E-state index contributed by atoms with van der Waals surface area (Å²) >= 11 is 6.11. The molecule has 7 nitrogen and oxygen atoms in total. The molecule has 1 atom stereocenters. The maximum atomic E-state index is 11.4. The lowest BCUT2D eigenvalue weighted by molar-refractivity contribution is -0.114. The Balaban J connectivity index is 1.32. The average molecular weight is 475 g/mol. The molecule has 3 N–H and O–H groups in total. The molecule has 0 aromatic heterocycles. The molecule has 0 bridgehead atoms. The first-order valence-electron chi connectivity index (χ1n) is 11.3. The molecule has 4 rings (SSSR count). The van der Waals surface area contributed by atoms with E-state index in [1.807, 2.05) is 18.2 Å². The molecular weight excluding hydrogens is 444 g/mol. The first-order valence-corrected chi connectivity index (χ1v) is 11.7. The summed E-state index contributed by atoms with van der Waals surface area (Å²) in [6.45, 7) is 5.25. The van der Waals surface area contributed by atoms with Gasteiger partial charge in [0.15, 0.2) is 0 Å². The number of fused-ring (bicyclic) bond motifs is 1. The third kappa shape index (κ3) is 5.91. The van der Waals surface area contributed by atoms with E-state index in [0.717, 1.165) is 49.5 Å². The number of nitrogens with zero attached hydrogens (tertiary/aromatic N) is 1. The summed E-state index contributed by atoms with van der Waals surface area (Å²) in [4.78, 5) is 13.7. The molecule has 2 aliphatic heterocycles. The van der Waals surface area contributed by atoms with Gasteiger partial charge in [-0.05, 0) is 68.5 Å². The topological polar surface area (TPSA) is 91.3 Å². The minimum Gasteiger partial charge on any atom is -0.508 e. The molecule has 0 unspecified atom stereocenters. The molecular formula is C25H31ClN2O5. The molecule has 2 aromatic rings. The number of halogens is 1. The fourth-order valence-corrected chi connectivity index (χ4v) is 4.84. The first kappa shape index (κ1) is 23.7. The molecule has 8 heteroatoms. The monoisotopic (exact) mass is 474 g/mol. The zero-order chi connectivity index (χ0) is 23.6. The minimum atomic E-state index is -1.11. The molecule has 2 heterocycles. The van der Waals surface area contributed by atoms with Crippen LogP contribution in [0.4, 0.5) is 5.69 Å². The number of ether oxygens (including phenoxy) is 2. The van der Waals surface area contributed by atoms with Crippen LogP contribution in [-0.2, 0) is 11.2 Å². The van der Waals surface area contributed by atoms with Crippen molar-refractivity contribution in [1.82, 2.24) is 4.90 Å². The zero-order valence-corrected chi connectivity index (χ0v) is 19.8. The van der Waals surface area contributed by atoms with Crippen LogP contribution in [0.2, 0.25) is 5.02 Å². The molecule has 0 radical (unpaired) electrons. The van der Waals surface area contributed by atoms with Gasteiger partial charge in [0.05, 0.1) is 5.69 Å². The van der Waals surface area contributed by atoms with Gasteiger partial charge in [0, 0.05) is 37.6 Å². The number of phenols is 1. The van der Waals surface area contributed by atoms with Crippen LogP contribution in [0.15, 0.2) is 36.4 Å². The number of hydrogen-bond acceptors (Lipinski definition) is 6. The Hall–Kier alpha value is -2.48. The molecule has 1 fully saturated rings. The lowest BCUT2D eigenvalue weighted by Crippen LogP contribution is -2.53. The van der Waals surface area contributed by atoms with Gasteiger partial charge in [-0.15, -0.1) is 0 Å². The van der Waals surface area contributed by atoms with E-state index < -0.39 is 5.60 Å². The maximum Gasteiger partial charge on any atom is 0.221 e. The van der Waals surface area contributed by atoms with Gasteiger partial charge in [-0.1, -0.05) is 11.6 Å². The van der Waals surface area contributed by atoms with Gasteiger partial charge >= 0.3 is 0 Å². The average Bonchev–Trinajstić information content (AvgIpc) is 2.76. The highest BCUT2D eigenvalue weighted by molar-refractivity contribution is 6.30. The molecule has 1 spiro atoms. The highest BCUT2D eigenvalue weighted by atomic mass is 35.5. The summed E-state index contributed by atoms with van der Waals surface area (Å²) in [5.41, 5.74) is 0.350. The summed E-state index contributed by atoms with van der Waals surface area (Å²) in [5, 5.41) is 24.2. The number of piperidine rings is 1. The second kappa shape index (κ2) is 9.41. The predicted molar refractivity (Wildman–Crippen MR) is 127 cm³/mol. The quantitative estimate of drug-likeness (QED) is 0.548. The number of carbonyl (C=O) groups excluding carboxylic acids is 1. The lowest BCUT2D eigenvalue weighted by atomic mass is 9.83. The highest BCUT2D eigenvalue weighted by Gasteiger charge is 2.40. The number of likely N-dealkylation sites (tertiary alicyclic amines) is 1. The number of phenolic OH excluding ortho intramolecular Hbond substituents is 1. The van der Waals surface area contributed by atoms with Crippen molar-refractivity contribution in [2.24, 2.45) is 0 Å². The van der Waals surface area contributed by atoms with Crippen molar-refractivity contribution in [3.8, 4) is 17.2 Å². The number of nitrogens with one attached hydrogen (secondary N) is 1. The highest BCUT2D eigenvalue weighted by Crippen LogP contribution is 2.40. The van der Waals surface area contributed by atoms with E-state index in [4.69, 9.17) is 21.1 Å². The lowest BCUT2D eigenvalue weighted by Gasteiger charge is -2.45. The van der Waals surface area contributed by atoms with Crippen LogP contribution in [0.1, 0.15) is 38.7 Å². The summed E-state index contributed by atoms with van der Waals surface area (Å²) in [5.74, 6) is 1.03. The molecule has 0 saturated carbocycles. The number of aromatic hydroxyl groups is 1. The smallest absolute Gasteiger partial charge is 0.221 e. The molecule has 1 saturated heterocycles. The van der Waals surface area contributed by atoms with Gasteiger partial charge in [-0.3, -0.25) is 4.79 Å². The molecule has 1 amide bonds. The number of aliphatic hydroxyl groups is 1. The Morgan fingerprint density at radius 3 is 2.73 bits per heavy atom. The number of rotatable bonds is 6. The van der Waals surface area contributed by atoms with Gasteiger partial charge in [-0.2, -0.15) is 0 Å². The Labute approximate surface area is 199 Å². The Kier molecular flexibility index (Phi) is 6.75. The Morgan fingerprint density at radius 2 is 2.00 bits per heavy atom. The molecule has 2 aliphatic rings. The van der Waals surface area contributed by atoms with Crippen LogP contribution in [0.3, 0.4) is 0 Å². The van der Waals surface area contributed by atoms with Crippen molar-refractivity contribution < 1.29 is 24.5 Å². The molecule has 2 aromatic carbocycles. The number of benzene rings is 2. The van der Waals surface area contributed by atoms with Crippen LogP contribution in [-0.4, -0.2) is 58.5 Å². The fourth-order valence-electron chi connectivity index (χ4n) is 4.64. The van der Waals surface area contributed by atoms with E-state index in [1.54, 1.807) is 13.0 Å². The first-order chi connectivity index (χ1) is 15.6. The third-order valence-corrected chi connectivity index (χ3v) is 6.58. The molecule has 0 aliphatic carbocycles. The van der Waals surface area contributed by atoms with Crippen molar-refractivity contribution in [2.45, 2.75) is 50.7 Å². The summed E-state index contributed by atoms with van der Waals surface area (Å²) in [6.07, 6.45) is 3.72. The largest absolute Gasteiger partial charge is 0.508 e. The van der Waals surface area contributed by atoms with Crippen LogP contribution >= 0.6 is 11.6 Å². The second-order valence-corrected chi connectivity index (χ2v) is 9.90. The van der Waals surface area contributed by atoms with Gasteiger partial charge in [-0.25, -0.2) is 0 Å². The van der Waals surface area contributed by atoms with Gasteiger partial charge < -0.3 is 29.9 Å². The van der Waals surface area contributed by atoms with Crippen LogP contribution in [0.25, 0.3) is 0 Å². The van der Waals surface area contributed by atoms with E-state index in [-0.39, 0.29) is 23.9 Å². The number of aryl methyl sites for hydroxylation is 1. The van der Waals surface area contributed by atoms with Gasteiger partial charge in [0.2, 0.25) is 5.91 Å². The Morgan fingerprint density at radius 1 is 1.24 bits per heavy atom. The number of anilines is 1. The van der Waals surface area contributed by atoms with E-state index >= 15 is 0 Å². The van der Waals surface area contributed by atoms with Crippen molar-refractivity contribution in [1.29, 1.82) is 0 Å². The van der Waals surface area contributed by atoms with Gasteiger partial charge in [0.1, 0.15) is 35.1 Å². The number of amides is 1. The molecule has 178 valence electrons. The second-order valence-electron chi connectivity index (χ2n) is 9.46. The number of carbonyl (C=O) groups is 1. The van der Waals surface area contributed by atoms with E-state index in [1.165, 1.54) is 24.6 Å². The van der Waals surface area contributed by atoms with E-state index in [2.05, 4.69) is 10.2 Å². The van der Waals surface area contributed by atoms with Crippen molar-refractivity contribution in [3.05, 3.63) is 47.0 Å². The Bertz CT molecular complexity index is 1020. The predicted octanol–water partition coefficient (Wildman–Crippen LogP) is 3.99. The van der Waals surface area contributed by atoms with Crippen molar-refractivity contribution in [2.75, 3.05) is 31.6 Å². The van der Waals surface area contributed by atoms with E-state index in [9.17, 15) is 15.0 Å². The van der Waals surface area contributed by atoms with Crippen molar-refractivity contribution in [3.63, 3.8) is 0 Å².